The molecule has 0 radical (unpaired) electrons. The molecule has 0 aliphatic rings. The van der Waals surface area contributed by atoms with Crippen molar-refractivity contribution in [3.8, 4) is 0 Å². The molecule has 1 heterocycles. The van der Waals surface area contributed by atoms with E-state index in [1.165, 1.54) is 0 Å². The van der Waals surface area contributed by atoms with Gasteiger partial charge in [0.1, 0.15) is 5.82 Å². The van der Waals surface area contributed by atoms with Crippen LogP contribution in [-0.4, -0.2) is 15.8 Å². The molecule has 5 nitrogen and oxygen atoms in total. The van der Waals surface area contributed by atoms with Gasteiger partial charge in [0.15, 0.2) is 0 Å². The molecule has 18 heavy (non-hydrogen) atoms. The molecule has 94 valence electrons. The fraction of sp³-hybridized carbons (Fsp3) is 0.231. The quantitative estimate of drug-likeness (QED) is 0.872. The van der Waals surface area contributed by atoms with Crippen molar-refractivity contribution >= 4 is 17.5 Å². The molecule has 2 rings (SSSR count). The van der Waals surface area contributed by atoms with Crippen LogP contribution in [0.25, 0.3) is 0 Å². The molecule has 5 heteroatoms. The second-order valence-corrected chi connectivity index (χ2v) is 3.94. The molecule has 0 fully saturated rings. The van der Waals surface area contributed by atoms with Crippen LogP contribution in [0.2, 0.25) is 0 Å². The van der Waals surface area contributed by atoms with E-state index in [0.29, 0.717) is 5.82 Å². The number of hydrogen-bond acceptors (Lipinski definition) is 2. The first-order valence-electron chi connectivity index (χ1n) is 5.85. The van der Waals surface area contributed by atoms with Gasteiger partial charge in [-0.3, -0.25) is 10.00 Å². The third-order valence-electron chi connectivity index (χ3n) is 2.57. The minimum absolute atomic E-state index is 0.271. The van der Waals surface area contributed by atoms with Gasteiger partial charge >= 0.3 is 6.03 Å². The molecule has 0 unspecified atom stereocenters. The van der Waals surface area contributed by atoms with E-state index in [-0.39, 0.29) is 6.03 Å². The van der Waals surface area contributed by atoms with Gasteiger partial charge < -0.3 is 5.32 Å². The maximum absolute atomic E-state index is 11.8. The van der Waals surface area contributed by atoms with Crippen molar-refractivity contribution in [1.82, 2.24) is 9.78 Å². The molecule has 2 aromatic rings. The second-order valence-electron chi connectivity index (χ2n) is 3.94. The van der Waals surface area contributed by atoms with Gasteiger partial charge in [-0.05, 0) is 18.6 Å². The fourth-order valence-electron chi connectivity index (χ4n) is 1.62. The average Bonchev–Trinajstić information content (AvgIpc) is 2.71. The van der Waals surface area contributed by atoms with Crippen LogP contribution in [0.5, 0.6) is 0 Å². The number of nitrogens with one attached hydrogen (secondary N) is 2. The lowest BCUT2D eigenvalue weighted by Gasteiger charge is -2.07. The molecule has 0 saturated heterocycles. The number of para-hydroxylation sites is 1. The molecule has 0 bridgehead atoms. The van der Waals surface area contributed by atoms with E-state index in [1.807, 2.05) is 43.3 Å². The van der Waals surface area contributed by atoms with Gasteiger partial charge in [0.25, 0.3) is 0 Å². The Balaban J connectivity index is 2.01. The molecule has 1 aromatic heterocycles. The lowest BCUT2D eigenvalue weighted by molar-refractivity contribution is 0.262. The van der Waals surface area contributed by atoms with Crippen LogP contribution in [0.4, 0.5) is 16.3 Å². The molecule has 0 aliphatic heterocycles. The van der Waals surface area contributed by atoms with Gasteiger partial charge in [0, 0.05) is 18.8 Å². The second kappa shape index (κ2) is 5.35. The third kappa shape index (κ3) is 2.88. The van der Waals surface area contributed by atoms with Crippen LogP contribution >= 0.6 is 0 Å². The van der Waals surface area contributed by atoms with Gasteiger partial charge in [0.05, 0.1) is 5.69 Å². The highest BCUT2D eigenvalue weighted by Gasteiger charge is 2.07. The van der Waals surface area contributed by atoms with Crippen molar-refractivity contribution in [2.45, 2.75) is 13.3 Å². The monoisotopic (exact) mass is 244 g/mol. The minimum atomic E-state index is -0.271. The zero-order valence-corrected chi connectivity index (χ0v) is 10.5. The number of carbonyl (C=O) groups excluding carboxylic acids is 1. The maximum atomic E-state index is 11.8. The van der Waals surface area contributed by atoms with E-state index < -0.39 is 0 Å². The van der Waals surface area contributed by atoms with Gasteiger partial charge in [-0.2, -0.15) is 5.10 Å². The summed E-state index contributed by atoms with van der Waals surface area (Å²) in [5.74, 6) is 0.681. The third-order valence-corrected chi connectivity index (χ3v) is 2.57. The summed E-state index contributed by atoms with van der Waals surface area (Å²) in [6.07, 6.45) is 0.843. The molecule has 2 N–H and O–H groups in total. The highest BCUT2D eigenvalue weighted by atomic mass is 16.2. The molecule has 1 aromatic carbocycles. The Morgan fingerprint density at radius 1 is 1.28 bits per heavy atom. The molecule has 0 spiro atoms. The van der Waals surface area contributed by atoms with E-state index in [0.717, 1.165) is 17.8 Å². The zero-order chi connectivity index (χ0) is 13.0. The first-order valence-corrected chi connectivity index (χ1v) is 5.85. The summed E-state index contributed by atoms with van der Waals surface area (Å²) >= 11 is 0. The van der Waals surface area contributed by atoms with Crippen LogP contribution < -0.4 is 10.6 Å². The van der Waals surface area contributed by atoms with Gasteiger partial charge in [0.2, 0.25) is 0 Å². The SMILES string of the molecule is CCc1cc(NC(=O)Nc2ccccc2)n(C)n1. The number of benzene rings is 1. The highest BCUT2D eigenvalue weighted by molar-refractivity contribution is 5.99. The molecular weight excluding hydrogens is 228 g/mol. The fourth-order valence-corrected chi connectivity index (χ4v) is 1.62. The number of carbonyl (C=O) groups is 1. The topological polar surface area (TPSA) is 59.0 Å². The molecule has 0 saturated carbocycles. The highest BCUT2D eigenvalue weighted by Crippen LogP contribution is 2.11. The predicted molar refractivity (Wildman–Crippen MR) is 71.7 cm³/mol. The number of aryl methyl sites for hydroxylation is 2. The number of amides is 2. The summed E-state index contributed by atoms with van der Waals surface area (Å²) in [5.41, 5.74) is 1.71. The van der Waals surface area contributed by atoms with Crippen molar-refractivity contribution in [2.24, 2.45) is 7.05 Å². The standard InChI is InChI=1S/C13H16N4O/c1-3-10-9-12(17(2)16-10)15-13(18)14-11-7-5-4-6-8-11/h4-9H,3H2,1-2H3,(H2,14,15,18). The summed E-state index contributed by atoms with van der Waals surface area (Å²) in [6, 6.07) is 10.9. The Labute approximate surface area is 106 Å². The van der Waals surface area contributed by atoms with Crippen molar-refractivity contribution in [2.75, 3.05) is 10.6 Å². The maximum Gasteiger partial charge on any atom is 0.324 e. The number of rotatable bonds is 3. The van der Waals surface area contributed by atoms with E-state index in [9.17, 15) is 4.79 Å². The smallest absolute Gasteiger partial charge is 0.308 e. The lowest BCUT2D eigenvalue weighted by Crippen LogP contribution is -2.20. The zero-order valence-electron chi connectivity index (χ0n) is 10.5. The number of hydrogen-bond donors (Lipinski definition) is 2. The van der Waals surface area contributed by atoms with Crippen LogP contribution in [0.15, 0.2) is 36.4 Å². The van der Waals surface area contributed by atoms with Gasteiger partial charge in [-0.25, -0.2) is 4.79 Å². The normalized spacial score (nSPS) is 10.1. The Hall–Kier alpha value is -2.30. The van der Waals surface area contributed by atoms with E-state index in [2.05, 4.69) is 15.7 Å². The van der Waals surface area contributed by atoms with Crippen LogP contribution in [0.1, 0.15) is 12.6 Å². The number of urea groups is 1. The summed E-state index contributed by atoms with van der Waals surface area (Å²) in [6.45, 7) is 2.02. The first-order chi connectivity index (χ1) is 8.69. The summed E-state index contributed by atoms with van der Waals surface area (Å²) in [4.78, 5) is 11.8. The molecule has 0 aliphatic carbocycles. The summed E-state index contributed by atoms with van der Waals surface area (Å²) < 4.78 is 1.66. The van der Waals surface area contributed by atoms with Gasteiger partial charge in [-0.15, -0.1) is 0 Å². The van der Waals surface area contributed by atoms with Crippen molar-refractivity contribution in [1.29, 1.82) is 0 Å². The first kappa shape index (κ1) is 12.2. The van der Waals surface area contributed by atoms with Gasteiger partial charge in [-0.1, -0.05) is 25.1 Å². The van der Waals surface area contributed by atoms with Crippen LogP contribution in [-0.2, 0) is 13.5 Å². The summed E-state index contributed by atoms with van der Waals surface area (Å²) in [5, 5.41) is 9.78. The molecule has 0 atom stereocenters. The van der Waals surface area contributed by atoms with Crippen LogP contribution in [0, 0.1) is 0 Å². The summed E-state index contributed by atoms with van der Waals surface area (Å²) in [7, 11) is 1.80. The van der Waals surface area contributed by atoms with E-state index >= 15 is 0 Å². The number of aromatic nitrogens is 2. The Kier molecular flexibility index (Phi) is 3.62. The lowest BCUT2D eigenvalue weighted by atomic mass is 10.3. The van der Waals surface area contributed by atoms with E-state index in [4.69, 9.17) is 0 Å². The Morgan fingerprint density at radius 2 is 2.00 bits per heavy atom. The number of anilines is 2. The Morgan fingerprint density at radius 3 is 2.61 bits per heavy atom. The van der Waals surface area contributed by atoms with Crippen molar-refractivity contribution < 1.29 is 4.79 Å². The van der Waals surface area contributed by atoms with Crippen molar-refractivity contribution in [3.63, 3.8) is 0 Å². The Bertz CT molecular complexity index is 533. The largest absolute Gasteiger partial charge is 0.324 e. The van der Waals surface area contributed by atoms with Crippen LogP contribution in [0.3, 0.4) is 0 Å². The van der Waals surface area contributed by atoms with Crippen molar-refractivity contribution in [3.05, 3.63) is 42.1 Å². The molecular formula is C13H16N4O. The molecule has 2 amide bonds. The van der Waals surface area contributed by atoms with E-state index in [1.54, 1.807) is 11.7 Å². The number of nitrogens with zero attached hydrogens (tertiary/aromatic N) is 2. The average molecular weight is 244 g/mol. The predicted octanol–water partition coefficient (Wildman–Crippen LogP) is 2.63. The minimum Gasteiger partial charge on any atom is -0.308 e.